The quantitative estimate of drug-likeness (QED) is 0.531. The van der Waals surface area contributed by atoms with Gasteiger partial charge in [-0.15, -0.1) is 0 Å². The Morgan fingerprint density at radius 3 is 2.31 bits per heavy atom. The molecule has 1 atom stereocenters. The molecule has 2 amide bonds. The number of hydrogen-bond donors (Lipinski definition) is 3. The molecular weight excluding hydrogens is 394 g/mol. The minimum Gasteiger partial charge on any atom is -0.497 e. The molecule has 10 heteroatoms. The standard InChI is InChI=1S/C19H27N5O4S/c1-11(2)16(18(26)20-7-6-15-22-23-19(29)24(15)3)21-17(25)12-8-13(27-4)10-14(9-12)28-5/h8-11,16H,6-7H2,1-5H3,(H,20,26)(H,21,25)(H,23,29). The highest BCUT2D eigenvalue weighted by Gasteiger charge is 2.25. The highest BCUT2D eigenvalue weighted by atomic mass is 32.1. The van der Waals surface area contributed by atoms with E-state index in [0.717, 1.165) is 5.82 Å². The van der Waals surface area contributed by atoms with Crippen molar-refractivity contribution in [1.82, 2.24) is 25.4 Å². The van der Waals surface area contributed by atoms with Gasteiger partial charge < -0.3 is 24.7 Å². The van der Waals surface area contributed by atoms with Gasteiger partial charge in [0.25, 0.3) is 5.91 Å². The van der Waals surface area contributed by atoms with Gasteiger partial charge in [0.05, 0.1) is 14.2 Å². The number of nitrogens with one attached hydrogen (secondary N) is 3. The van der Waals surface area contributed by atoms with Crippen molar-refractivity contribution in [2.24, 2.45) is 13.0 Å². The molecule has 0 spiro atoms. The SMILES string of the molecule is COc1cc(OC)cc(C(=O)NC(C(=O)NCCc2n[nH]c(=S)n2C)C(C)C)c1. The number of benzene rings is 1. The highest BCUT2D eigenvalue weighted by Crippen LogP contribution is 2.22. The van der Waals surface area contributed by atoms with Gasteiger partial charge in [0.1, 0.15) is 23.4 Å². The average molecular weight is 422 g/mol. The fourth-order valence-corrected chi connectivity index (χ4v) is 2.86. The zero-order valence-electron chi connectivity index (χ0n) is 17.2. The summed E-state index contributed by atoms with van der Waals surface area (Å²) in [4.78, 5) is 25.4. The molecular formula is C19H27N5O4S. The maximum absolute atomic E-state index is 12.7. The molecule has 0 radical (unpaired) electrons. The molecule has 0 aliphatic heterocycles. The van der Waals surface area contributed by atoms with Crippen molar-refractivity contribution in [2.45, 2.75) is 26.3 Å². The number of rotatable bonds is 9. The van der Waals surface area contributed by atoms with E-state index in [1.807, 2.05) is 20.9 Å². The molecule has 0 aliphatic carbocycles. The van der Waals surface area contributed by atoms with Crippen LogP contribution in [0.4, 0.5) is 0 Å². The van der Waals surface area contributed by atoms with Crippen LogP contribution in [0.2, 0.25) is 0 Å². The summed E-state index contributed by atoms with van der Waals surface area (Å²) in [6, 6.07) is 4.17. The van der Waals surface area contributed by atoms with E-state index in [-0.39, 0.29) is 17.7 Å². The summed E-state index contributed by atoms with van der Waals surface area (Å²) in [7, 11) is 4.83. The predicted molar refractivity (Wildman–Crippen MR) is 111 cm³/mol. The molecule has 3 N–H and O–H groups in total. The van der Waals surface area contributed by atoms with Crippen LogP contribution in [0.3, 0.4) is 0 Å². The molecule has 0 fully saturated rings. The number of carbonyl (C=O) groups excluding carboxylic acids is 2. The zero-order chi connectivity index (χ0) is 21.6. The van der Waals surface area contributed by atoms with Gasteiger partial charge in [-0.3, -0.25) is 14.7 Å². The van der Waals surface area contributed by atoms with Crippen molar-refractivity contribution in [3.05, 3.63) is 34.4 Å². The van der Waals surface area contributed by atoms with Crippen LogP contribution in [0.1, 0.15) is 30.0 Å². The van der Waals surface area contributed by atoms with Gasteiger partial charge in [0.15, 0.2) is 4.77 Å². The lowest BCUT2D eigenvalue weighted by atomic mass is 10.0. The van der Waals surface area contributed by atoms with Crippen LogP contribution in [0.25, 0.3) is 0 Å². The largest absolute Gasteiger partial charge is 0.497 e. The number of H-pyrrole nitrogens is 1. The molecule has 0 aliphatic rings. The molecule has 1 aromatic carbocycles. The lowest BCUT2D eigenvalue weighted by Crippen LogP contribution is -2.50. The monoisotopic (exact) mass is 421 g/mol. The second-order valence-corrected chi connectivity index (χ2v) is 7.23. The van der Waals surface area contributed by atoms with Crippen LogP contribution in [0.5, 0.6) is 11.5 Å². The van der Waals surface area contributed by atoms with E-state index in [9.17, 15) is 9.59 Å². The first-order valence-electron chi connectivity index (χ1n) is 9.18. The van der Waals surface area contributed by atoms with Crippen LogP contribution in [0, 0.1) is 10.7 Å². The molecule has 0 saturated heterocycles. The Morgan fingerprint density at radius 2 is 1.83 bits per heavy atom. The van der Waals surface area contributed by atoms with E-state index >= 15 is 0 Å². The molecule has 0 bridgehead atoms. The Bertz CT molecular complexity index is 899. The second-order valence-electron chi connectivity index (χ2n) is 6.84. The van der Waals surface area contributed by atoms with Crippen molar-refractivity contribution in [3.63, 3.8) is 0 Å². The molecule has 158 valence electrons. The van der Waals surface area contributed by atoms with E-state index < -0.39 is 6.04 Å². The molecule has 2 rings (SSSR count). The van der Waals surface area contributed by atoms with Crippen LogP contribution >= 0.6 is 12.2 Å². The molecule has 0 saturated carbocycles. The van der Waals surface area contributed by atoms with Gasteiger partial charge in [-0.2, -0.15) is 5.10 Å². The number of hydrogen-bond acceptors (Lipinski definition) is 6. The first kappa shape index (κ1) is 22.4. The van der Waals surface area contributed by atoms with E-state index in [1.54, 1.807) is 22.8 Å². The van der Waals surface area contributed by atoms with Crippen LogP contribution in [-0.2, 0) is 18.3 Å². The van der Waals surface area contributed by atoms with Crippen molar-refractivity contribution < 1.29 is 19.1 Å². The fraction of sp³-hybridized carbons (Fsp3) is 0.474. The van der Waals surface area contributed by atoms with E-state index in [2.05, 4.69) is 20.8 Å². The normalized spacial score (nSPS) is 11.8. The Balaban J connectivity index is 2.03. The third-order valence-electron chi connectivity index (χ3n) is 4.47. The van der Waals surface area contributed by atoms with Gasteiger partial charge in [0.2, 0.25) is 5.91 Å². The van der Waals surface area contributed by atoms with E-state index in [0.29, 0.717) is 34.8 Å². The van der Waals surface area contributed by atoms with Crippen molar-refractivity contribution in [3.8, 4) is 11.5 Å². The predicted octanol–water partition coefficient (Wildman–Crippen LogP) is 1.61. The third kappa shape index (κ3) is 5.80. The lowest BCUT2D eigenvalue weighted by molar-refractivity contribution is -0.123. The number of ether oxygens (including phenoxy) is 2. The summed E-state index contributed by atoms with van der Waals surface area (Å²) < 4.78 is 12.7. The molecule has 2 aromatic rings. The Labute approximate surface area is 174 Å². The minimum atomic E-state index is -0.692. The maximum atomic E-state index is 12.7. The number of carbonyl (C=O) groups is 2. The van der Waals surface area contributed by atoms with Gasteiger partial charge in [-0.25, -0.2) is 0 Å². The first-order valence-corrected chi connectivity index (χ1v) is 9.59. The van der Waals surface area contributed by atoms with Crippen molar-refractivity contribution >= 4 is 24.0 Å². The molecule has 1 aromatic heterocycles. The van der Waals surface area contributed by atoms with Gasteiger partial charge >= 0.3 is 0 Å². The third-order valence-corrected chi connectivity index (χ3v) is 4.83. The van der Waals surface area contributed by atoms with Gasteiger partial charge in [-0.05, 0) is 30.3 Å². The summed E-state index contributed by atoms with van der Waals surface area (Å²) in [6.45, 7) is 4.11. The zero-order valence-corrected chi connectivity index (χ0v) is 18.1. The summed E-state index contributed by atoms with van der Waals surface area (Å²) in [6.07, 6.45) is 0.515. The van der Waals surface area contributed by atoms with Crippen molar-refractivity contribution in [2.75, 3.05) is 20.8 Å². The Morgan fingerprint density at radius 1 is 1.21 bits per heavy atom. The Hall–Kier alpha value is -2.88. The topological polar surface area (TPSA) is 110 Å². The minimum absolute atomic E-state index is 0.104. The van der Waals surface area contributed by atoms with E-state index in [1.165, 1.54) is 14.2 Å². The molecule has 9 nitrogen and oxygen atoms in total. The van der Waals surface area contributed by atoms with E-state index in [4.69, 9.17) is 21.7 Å². The average Bonchev–Trinajstić information content (AvgIpc) is 3.03. The first-order chi connectivity index (χ1) is 13.8. The summed E-state index contributed by atoms with van der Waals surface area (Å²) in [5.74, 6) is 0.975. The Kier molecular flexibility index (Phi) is 7.77. The smallest absolute Gasteiger partial charge is 0.252 e. The van der Waals surface area contributed by atoms with Crippen molar-refractivity contribution in [1.29, 1.82) is 0 Å². The maximum Gasteiger partial charge on any atom is 0.252 e. The number of aromatic nitrogens is 3. The fourth-order valence-electron chi connectivity index (χ4n) is 2.71. The number of aromatic amines is 1. The van der Waals surface area contributed by atoms with Crippen LogP contribution in [-0.4, -0.2) is 53.4 Å². The van der Waals surface area contributed by atoms with Crippen LogP contribution < -0.4 is 20.1 Å². The molecule has 1 heterocycles. The molecule has 1 unspecified atom stereocenters. The number of nitrogens with zero attached hydrogens (tertiary/aromatic N) is 2. The summed E-state index contributed by atoms with van der Waals surface area (Å²) in [5.41, 5.74) is 0.348. The lowest BCUT2D eigenvalue weighted by Gasteiger charge is -2.22. The van der Waals surface area contributed by atoms with Crippen LogP contribution in [0.15, 0.2) is 18.2 Å². The highest BCUT2D eigenvalue weighted by molar-refractivity contribution is 7.71. The van der Waals surface area contributed by atoms with Gasteiger partial charge in [0, 0.05) is 31.6 Å². The molecule has 29 heavy (non-hydrogen) atoms. The summed E-state index contributed by atoms with van der Waals surface area (Å²) >= 11 is 5.07. The summed E-state index contributed by atoms with van der Waals surface area (Å²) in [5, 5.41) is 12.5. The number of amides is 2. The van der Waals surface area contributed by atoms with Gasteiger partial charge in [-0.1, -0.05) is 13.8 Å². The second kappa shape index (κ2) is 10.1. The number of methoxy groups -OCH3 is 2.